The molecule has 0 bridgehead atoms. The smallest absolute Gasteiger partial charge is 0.167 e. The summed E-state index contributed by atoms with van der Waals surface area (Å²) in [6.45, 7) is 4.07. The van der Waals surface area contributed by atoms with Crippen LogP contribution in [-0.2, 0) is 14.2 Å². The fourth-order valence-electron chi connectivity index (χ4n) is 1.29. The summed E-state index contributed by atoms with van der Waals surface area (Å²) in [4.78, 5) is 0. The largest absolute Gasteiger partial charge is 0.381 e. The maximum absolute atomic E-state index is 5.33. The lowest BCUT2D eigenvalue weighted by atomic mass is 10.1. The van der Waals surface area contributed by atoms with E-state index < -0.39 is 5.79 Å². The molecular weight excluding hydrogens is 168 g/mol. The molecule has 3 nitrogen and oxygen atoms in total. The third-order valence-electron chi connectivity index (χ3n) is 2.41. The molecule has 0 aromatic carbocycles. The van der Waals surface area contributed by atoms with E-state index in [0.717, 1.165) is 19.3 Å². The zero-order valence-electron chi connectivity index (χ0n) is 9.42. The van der Waals surface area contributed by atoms with Gasteiger partial charge in [-0.05, 0) is 13.3 Å². The molecule has 13 heavy (non-hydrogen) atoms. The Kier molecular flexibility index (Phi) is 6.29. The second kappa shape index (κ2) is 6.35. The Bertz CT molecular complexity index is 121. The van der Waals surface area contributed by atoms with E-state index in [1.54, 1.807) is 21.3 Å². The van der Waals surface area contributed by atoms with Crippen LogP contribution in [0.5, 0.6) is 0 Å². The Morgan fingerprint density at radius 2 is 1.69 bits per heavy atom. The summed E-state index contributed by atoms with van der Waals surface area (Å²) >= 11 is 0. The molecule has 1 unspecified atom stereocenters. The molecule has 0 aliphatic heterocycles. The Morgan fingerprint density at radius 1 is 1.15 bits per heavy atom. The fraction of sp³-hybridized carbons (Fsp3) is 1.00. The van der Waals surface area contributed by atoms with Crippen LogP contribution in [0, 0.1) is 0 Å². The lowest BCUT2D eigenvalue weighted by molar-refractivity contribution is -0.211. The normalized spacial score (nSPS) is 14.5. The van der Waals surface area contributed by atoms with Crippen LogP contribution in [-0.4, -0.2) is 33.2 Å². The van der Waals surface area contributed by atoms with E-state index in [9.17, 15) is 0 Å². The van der Waals surface area contributed by atoms with Crippen molar-refractivity contribution in [1.29, 1.82) is 0 Å². The van der Waals surface area contributed by atoms with Crippen molar-refractivity contribution in [2.75, 3.05) is 21.3 Å². The molecule has 0 rings (SSSR count). The van der Waals surface area contributed by atoms with Crippen molar-refractivity contribution < 1.29 is 14.2 Å². The highest BCUT2D eigenvalue weighted by Gasteiger charge is 2.26. The first-order chi connectivity index (χ1) is 6.11. The van der Waals surface area contributed by atoms with Gasteiger partial charge in [-0.25, -0.2) is 0 Å². The predicted molar refractivity (Wildman–Crippen MR) is 52.7 cm³/mol. The monoisotopic (exact) mass is 190 g/mol. The molecule has 0 aliphatic rings. The molecule has 0 heterocycles. The van der Waals surface area contributed by atoms with Gasteiger partial charge >= 0.3 is 0 Å². The van der Waals surface area contributed by atoms with Gasteiger partial charge in [-0.15, -0.1) is 0 Å². The quantitative estimate of drug-likeness (QED) is 0.576. The van der Waals surface area contributed by atoms with E-state index in [4.69, 9.17) is 14.2 Å². The standard InChI is InChI=1S/C10H22O3/c1-6-7-9(11-3)8-10(2,12-4)13-5/h9H,6-8H2,1-5H3. The molecule has 0 amide bonds. The first-order valence-corrected chi connectivity index (χ1v) is 4.75. The minimum Gasteiger partial charge on any atom is -0.381 e. The average molecular weight is 190 g/mol. The molecule has 0 radical (unpaired) electrons. The first-order valence-electron chi connectivity index (χ1n) is 4.75. The van der Waals surface area contributed by atoms with Crippen molar-refractivity contribution in [3.8, 4) is 0 Å². The fourth-order valence-corrected chi connectivity index (χ4v) is 1.29. The second-order valence-corrected chi connectivity index (χ2v) is 3.39. The van der Waals surface area contributed by atoms with E-state index in [1.807, 2.05) is 6.92 Å². The van der Waals surface area contributed by atoms with E-state index in [0.29, 0.717) is 0 Å². The highest BCUT2D eigenvalue weighted by molar-refractivity contribution is 4.69. The number of hydrogen-bond donors (Lipinski definition) is 0. The van der Waals surface area contributed by atoms with Gasteiger partial charge in [0.25, 0.3) is 0 Å². The van der Waals surface area contributed by atoms with Crippen molar-refractivity contribution in [2.24, 2.45) is 0 Å². The Balaban J connectivity index is 4.02. The van der Waals surface area contributed by atoms with Crippen LogP contribution in [0.3, 0.4) is 0 Å². The summed E-state index contributed by atoms with van der Waals surface area (Å²) in [5, 5.41) is 0. The van der Waals surface area contributed by atoms with Crippen LogP contribution in [0.4, 0.5) is 0 Å². The maximum Gasteiger partial charge on any atom is 0.167 e. The summed E-state index contributed by atoms with van der Waals surface area (Å²) < 4.78 is 15.9. The lowest BCUT2D eigenvalue weighted by Crippen LogP contribution is -2.34. The topological polar surface area (TPSA) is 27.7 Å². The van der Waals surface area contributed by atoms with Gasteiger partial charge in [0.05, 0.1) is 6.10 Å². The molecule has 1 atom stereocenters. The molecule has 0 saturated heterocycles. The summed E-state index contributed by atoms with van der Waals surface area (Å²) in [5.74, 6) is -0.518. The van der Waals surface area contributed by atoms with Crippen LogP contribution < -0.4 is 0 Å². The molecular formula is C10H22O3. The van der Waals surface area contributed by atoms with Gasteiger partial charge in [0.2, 0.25) is 0 Å². The minimum absolute atomic E-state index is 0.217. The highest BCUT2D eigenvalue weighted by atomic mass is 16.7. The summed E-state index contributed by atoms with van der Waals surface area (Å²) in [6, 6.07) is 0. The molecule has 80 valence electrons. The van der Waals surface area contributed by atoms with E-state index in [2.05, 4.69) is 6.92 Å². The average Bonchev–Trinajstić information content (AvgIpc) is 2.17. The number of hydrogen-bond acceptors (Lipinski definition) is 3. The van der Waals surface area contributed by atoms with Crippen LogP contribution in [0.25, 0.3) is 0 Å². The molecule has 0 aliphatic carbocycles. The third-order valence-corrected chi connectivity index (χ3v) is 2.41. The maximum atomic E-state index is 5.33. The molecule has 3 heteroatoms. The molecule has 0 fully saturated rings. The van der Waals surface area contributed by atoms with Gasteiger partial charge in [-0.2, -0.15) is 0 Å². The lowest BCUT2D eigenvalue weighted by Gasteiger charge is -2.30. The van der Waals surface area contributed by atoms with E-state index >= 15 is 0 Å². The molecule has 0 N–H and O–H groups in total. The second-order valence-electron chi connectivity index (χ2n) is 3.39. The predicted octanol–water partition coefficient (Wildman–Crippen LogP) is 2.20. The van der Waals surface area contributed by atoms with Crippen LogP contribution in [0.2, 0.25) is 0 Å². The van der Waals surface area contributed by atoms with Crippen LogP contribution in [0.1, 0.15) is 33.1 Å². The van der Waals surface area contributed by atoms with Crippen molar-refractivity contribution in [3.63, 3.8) is 0 Å². The first kappa shape index (κ1) is 12.9. The zero-order chi connectivity index (χ0) is 10.3. The van der Waals surface area contributed by atoms with Gasteiger partial charge in [0, 0.05) is 27.8 Å². The third kappa shape index (κ3) is 4.60. The summed E-state index contributed by atoms with van der Waals surface area (Å²) in [5.41, 5.74) is 0. The number of methoxy groups -OCH3 is 3. The summed E-state index contributed by atoms with van der Waals surface area (Å²) in [6.07, 6.45) is 3.14. The molecule has 0 spiro atoms. The van der Waals surface area contributed by atoms with Crippen molar-refractivity contribution in [2.45, 2.75) is 45.0 Å². The highest BCUT2D eigenvalue weighted by Crippen LogP contribution is 2.21. The van der Waals surface area contributed by atoms with Crippen molar-refractivity contribution >= 4 is 0 Å². The van der Waals surface area contributed by atoms with Gasteiger partial charge < -0.3 is 14.2 Å². The SMILES string of the molecule is CCCC(CC(C)(OC)OC)OC. The Morgan fingerprint density at radius 3 is 2.00 bits per heavy atom. The summed E-state index contributed by atoms with van der Waals surface area (Å²) in [7, 11) is 5.04. The van der Waals surface area contributed by atoms with Crippen LogP contribution in [0.15, 0.2) is 0 Å². The zero-order valence-corrected chi connectivity index (χ0v) is 9.42. The van der Waals surface area contributed by atoms with Gasteiger partial charge in [-0.1, -0.05) is 13.3 Å². The molecule has 0 aromatic rings. The Labute approximate surface area is 81.4 Å². The van der Waals surface area contributed by atoms with Crippen molar-refractivity contribution in [3.05, 3.63) is 0 Å². The van der Waals surface area contributed by atoms with Gasteiger partial charge in [0.1, 0.15) is 0 Å². The molecule has 0 saturated carbocycles. The number of ether oxygens (including phenoxy) is 3. The minimum atomic E-state index is -0.518. The van der Waals surface area contributed by atoms with Crippen LogP contribution >= 0.6 is 0 Å². The van der Waals surface area contributed by atoms with E-state index in [1.165, 1.54) is 0 Å². The van der Waals surface area contributed by atoms with Gasteiger partial charge in [-0.3, -0.25) is 0 Å². The van der Waals surface area contributed by atoms with E-state index in [-0.39, 0.29) is 6.10 Å². The molecule has 0 aromatic heterocycles. The van der Waals surface area contributed by atoms with Crippen molar-refractivity contribution in [1.82, 2.24) is 0 Å². The van der Waals surface area contributed by atoms with Gasteiger partial charge in [0.15, 0.2) is 5.79 Å². The number of rotatable bonds is 7. The Hall–Kier alpha value is -0.120.